The van der Waals surface area contributed by atoms with Gasteiger partial charge in [-0.15, -0.1) is 0 Å². The summed E-state index contributed by atoms with van der Waals surface area (Å²) in [5.74, 6) is 1.15. The van der Waals surface area contributed by atoms with Crippen LogP contribution < -0.4 is 10.6 Å². The number of nitrogens with two attached hydrogens (primary N) is 1. The molecule has 0 unspecified atom stereocenters. The number of hydrogen-bond acceptors (Lipinski definition) is 3. The van der Waals surface area contributed by atoms with Crippen molar-refractivity contribution >= 4 is 29.0 Å². The molecule has 1 aliphatic heterocycles. The van der Waals surface area contributed by atoms with E-state index < -0.39 is 0 Å². The first-order chi connectivity index (χ1) is 9.65. The molecule has 0 amide bonds. The second kappa shape index (κ2) is 5.60. The van der Waals surface area contributed by atoms with Gasteiger partial charge in [0.1, 0.15) is 5.82 Å². The molecule has 20 heavy (non-hydrogen) atoms. The monoisotopic (exact) mass is 307 g/mol. The van der Waals surface area contributed by atoms with E-state index in [1.54, 1.807) is 12.3 Å². The van der Waals surface area contributed by atoms with Crippen molar-refractivity contribution in [3.8, 4) is 0 Å². The molecule has 104 valence electrons. The van der Waals surface area contributed by atoms with Crippen LogP contribution >= 0.6 is 23.2 Å². The van der Waals surface area contributed by atoms with Crippen molar-refractivity contribution in [2.75, 3.05) is 18.0 Å². The van der Waals surface area contributed by atoms with E-state index in [1.807, 2.05) is 30.3 Å². The average Bonchev–Trinajstić information content (AvgIpc) is 2.82. The topological polar surface area (TPSA) is 42.1 Å². The Hall–Kier alpha value is -1.29. The largest absolute Gasteiger partial charge is 0.354 e. The Morgan fingerprint density at radius 3 is 2.70 bits per heavy atom. The van der Waals surface area contributed by atoms with E-state index in [2.05, 4.69) is 9.88 Å². The molecule has 2 N–H and O–H groups in total. The predicted molar refractivity (Wildman–Crippen MR) is 83.6 cm³/mol. The molecule has 2 atom stereocenters. The summed E-state index contributed by atoms with van der Waals surface area (Å²) in [6.45, 7) is 1.60. The van der Waals surface area contributed by atoms with Crippen LogP contribution in [0.2, 0.25) is 10.0 Å². The molecule has 0 radical (unpaired) electrons. The lowest BCUT2D eigenvalue weighted by molar-refractivity contribution is 0.653. The van der Waals surface area contributed by atoms with Crippen LogP contribution in [0.4, 0.5) is 5.82 Å². The van der Waals surface area contributed by atoms with Crippen LogP contribution in [0.15, 0.2) is 42.6 Å². The van der Waals surface area contributed by atoms with Crippen molar-refractivity contribution in [3.63, 3.8) is 0 Å². The Balaban J connectivity index is 1.85. The summed E-state index contributed by atoms with van der Waals surface area (Å²) in [7, 11) is 0. The first kappa shape index (κ1) is 13.7. The summed E-state index contributed by atoms with van der Waals surface area (Å²) >= 11 is 12.2. The van der Waals surface area contributed by atoms with E-state index in [1.165, 1.54) is 0 Å². The molecule has 0 aliphatic carbocycles. The van der Waals surface area contributed by atoms with Crippen molar-refractivity contribution < 1.29 is 0 Å². The fourth-order valence-corrected chi connectivity index (χ4v) is 3.24. The number of anilines is 1. The lowest BCUT2D eigenvalue weighted by Crippen LogP contribution is -2.29. The fraction of sp³-hybridized carbons (Fsp3) is 0.267. The summed E-state index contributed by atoms with van der Waals surface area (Å²) in [6, 6.07) is 11.5. The Kier molecular flexibility index (Phi) is 3.83. The van der Waals surface area contributed by atoms with Gasteiger partial charge in [-0.3, -0.25) is 0 Å². The molecule has 3 rings (SSSR count). The smallest absolute Gasteiger partial charge is 0.128 e. The first-order valence-electron chi connectivity index (χ1n) is 6.51. The molecule has 2 aromatic rings. The Morgan fingerprint density at radius 2 is 2.00 bits per heavy atom. The lowest BCUT2D eigenvalue weighted by atomic mass is 9.95. The molecule has 1 fully saturated rings. The third-order valence-corrected chi connectivity index (χ3v) is 4.26. The summed E-state index contributed by atoms with van der Waals surface area (Å²) < 4.78 is 0. The van der Waals surface area contributed by atoms with Crippen molar-refractivity contribution in [2.45, 2.75) is 12.0 Å². The minimum atomic E-state index is 0.0377. The zero-order valence-corrected chi connectivity index (χ0v) is 12.3. The Morgan fingerprint density at radius 1 is 1.15 bits per heavy atom. The molecule has 1 aromatic heterocycles. The maximum Gasteiger partial charge on any atom is 0.128 e. The van der Waals surface area contributed by atoms with Crippen LogP contribution in [0, 0.1) is 0 Å². The van der Waals surface area contributed by atoms with Gasteiger partial charge in [0.25, 0.3) is 0 Å². The summed E-state index contributed by atoms with van der Waals surface area (Å²) in [6.07, 6.45) is 1.80. The minimum Gasteiger partial charge on any atom is -0.354 e. The van der Waals surface area contributed by atoms with Crippen LogP contribution in [0.25, 0.3) is 0 Å². The number of rotatable bonds is 2. The highest BCUT2D eigenvalue weighted by atomic mass is 35.5. The molecule has 1 aromatic carbocycles. The first-order valence-corrected chi connectivity index (χ1v) is 7.27. The van der Waals surface area contributed by atoms with Crippen molar-refractivity contribution in [1.82, 2.24) is 4.98 Å². The van der Waals surface area contributed by atoms with Crippen LogP contribution in [0.5, 0.6) is 0 Å². The number of aromatic nitrogens is 1. The number of benzene rings is 1. The second-order valence-electron chi connectivity index (χ2n) is 5.03. The normalized spacial score (nSPS) is 22.2. The van der Waals surface area contributed by atoms with Gasteiger partial charge in [-0.2, -0.15) is 0 Å². The molecule has 0 saturated carbocycles. The van der Waals surface area contributed by atoms with Gasteiger partial charge in [0.15, 0.2) is 0 Å². The third kappa shape index (κ3) is 2.62. The minimum absolute atomic E-state index is 0.0377. The average molecular weight is 308 g/mol. The van der Waals surface area contributed by atoms with Crippen molar-refractivity contribution in [2.24, 2.45) is 5.73 Å². The molecular formula is C15H15Cl2N3. The van der Waals surface area contributed by atoms with Crippen molar-refractivity contribution in [1.29, 1.82) is 0 Å². The molecule has 5 heteroatoms. The summed E-state index contributed by atoms with van der Waals surface area (Å²) in [5.41, 5.74) is 7.34. The van der Waals surface area contributed by atoms with E-state index in [9.17, 15) is 0 Å². The van der Waals surface area contributed by atoms with Crippen LogP contribution in [0.3, 0.4) is 0 Å². The standard InChI is InChI=1S/C15H15Cl2N3/c16-10-4-5-11(13(17)7-10)12-8-20(9-14(12)18)15-3-1-2-6-19-15/h1-7,12,14H,8-9,18H2/t12-,14+/m1/s1. The predicted octanol–water partition coefficient (Wildman–Crippen LogP) is 3.32. The highest BCUT2D eigenvalue weighted by Crippen LogP contribution is 2.34. The fourth-order valence-electron chi connectivity index (χ4n) is 2.69. The molecule has 1 aliphatic rings. The van der Waals surface area contributed by atoms with Gasteiger partial charge in [-0.1, -0.05) is 35.3 Å². The Bertz CT molecular complexity index is 603. The van der Waals surface area contributed by atoms with E-state index in [-0.39, 0.29) is 12.0 Å². The zero-order valence-electron chi connectivity index (χ0n) is 10.8. The van der Waals surface area contributed by atoms with Crippen LogP contribution in [-0.2, 0) is 0 Å². The molecular weight excluding hydrogens is 293 g/mol. The van der Waals surface area contributed by atoms with Gasteiger partial charge < -0.3 is 10.6 Å². The molecule has 0 spiro atoms. The highest BCUT2D eigenvalue weighted by molar-refractivity contribution is 6.35. The maximum atomic E-state index is 6.29. The van der Waals surface area contributed by atoms with Crippen LogP contribution in [-0.4, -0.2) is 24.1 Å². The van der Waals surface area contributed by atoms with E-state index in [4.69, 9.17) is 28.9 Å². The number of hydrogen-bond donors (Lipinski definition) is 1. The van der Waals surface area contributed by atoms with Gasteiger partial charge in [0.2, 0.25) is 0 Å². The third-order valence-electron chi connectivity index (χ3n) is 3.70. The Labute approximate surface area is 128 Å². The molecule has 3 nitrogen and oxygen atoms in total. The SMILES string of the molecule is N[C@H]1CN(c2ccccn2)C[C@@H]1c1ccc(Cl)cc1Cl. The van der Waals surface area contributed by atoms with Gasteiger partial charge in [-0.05, 0) is 29.8 Å². The molecule has 2 heterocycles. The number of nitrogens with zero attached hydrogens (tertiary/aromatic N) is 2. The maximum absolute atomic E-state index is 6.29. The second-order valence-corrected chi connectivity index (χ2v) is 5.87. The molecule has 1 saturated heterocycles. The lowest BCUT2D eigenvalue weighted by Gasteiger charge is -2.17. The van der Waals surface area contributed by atoms with Gasteiger partial charge in [0, 0.05) is 41.3 Å². The number of pyridine rings is 1. The van der Waals surface area contributed by atoms with Gasteiger partial charge in [-0.25, -0.2) is 4.98 Å². The van der Waals surface area contributed by atoms with E-state index in [0.29, 0.717) is 10.0 Å². The van der Waals surface area contributed by atoms with E-state index in [0.717, 1.165) is 24.5 Å². The van der Waals surface area contributed by atoms with Gasteiger partial charge in [0.05, 0.1) is 0 Å². The van der Waals surface area contributed by atoms with Crippen molar-refractivity contribution in [3.05, 3.63) is 58.2 Å². The highest BCUT2D eigenvalue weighted by Gasteiger charge is 2.33. The number of halogens is 2. The summed E-state index contributed by atoms with van der Waals surface area (Å²) in [5, 5.41) is 1.33. The van der Waals surface area contributed by atoms with E-state index >= 15 is 0 Å². The zero-order chi connectivity index (χ0) is 14.1. The molecule has 0 bridgehead atoms. The summed E-state index contributed by atoms with van der Waals surface area (Å²) in [4.78, 5) is 6.57. The van der Waals surface area contributed by atoms with Gasteiger partial charge >= 0.3 is 0 Å². The quantitative estimate of drug-likeness (QED) is 0.925. The van der Waals surface area contributed by atoms with Crippen LogP contribution in [0.1, 0.15) is 11.5 Å².